The van der Waals surface area contributed by atoms with Gasteiger partial charge in [0, 0.05) is 6.92 Å². The Balaban J connectivity index is 0. The van der Waals surface area contributed by atoms with Crippen molar-refractivity contribution >= 4 is 49.7 Å². The molecule has 0 aliphatic heterocycles. The van der Waals surface area contributed by atoms with Crippen LogP contribution in [0.3, 0.4) is 0 Å². The van der Waals surface area contributed by atoms with Crippen molar-refractivity contribution in [1.29, 1.82) is 0 Å². The molecule has 6 heteroatoms. The predicted molar refractivity (Wildman–Crippen MR) is 56.5 cm³/mol. The molecule has 15 heavy (non-hydrogen) atoms. The van der Waals surface area contributed by atoms with Gasteiger partial charge >= 0.3 is 49.7 Å². The van der Waals surface area contributed by atoms with Crippen LogP contribution in [0.5, 0.6) is 0 Å². The SMILES string of the molecule is CC(=O)O[C@H](CC(=O)O)C[N+](C)(C)C.[Ca+2]. The quantitative estimate of drug-likeness (QED) is 0.410. The van der Waals surface area contributed by atoms with Crippen LogP contribution in [0, 0.1) is 0 Å². The van der Waals surface area contributed by atoms with E-state index in [-0.39, 0.29) is 44.2 Å². The maximum atomic E-state index is 10.7. The largest absolute Gasteiger partial charge is 2.00 e. The summed E-state index contributed by atoms with van der Waals surface area (Å²) in [6.45, 7) is 1.77. The van der Waals surface area contributed by atoms with Crippen molar-refractivity contribution < 1.29 is 23.9 Å². The summed E-state index contributed by atoms with van der Waals surface area (Å²) in [4.78, 5) is 21.2. The molecule has 0 radical (unpaired) electrons. The number of rotatable bonds is 5. The van der Waals surface area contributed by atoms with Gasteiger partial charge in [0.25, 0.3) is 0 Å². The second-order valence-electron chi connectivity index (χ2n) is 4.30. The molecule has 0 fully saturated rings. The van der Waals surface area contributed by atoms with E-state index in [4.69, 9.17) is 9.84 Å². The van der Waals surface area contributed by atoms with Crippen molar-refractivity contribution in [2.75, 3.05) is 27.7 Å². The topological polar surface area (TPSA) is 63.6 Å². The summed E-state index contributed by atoms with van der Waals surface area (Å²) in [7, 11) is 5.75. The van der Waals surface area contributed by atoms with Crippen molar-refractivity contribution in [3.05, 3.63) is 0 Å². The van der Waals surface area contributed by atoms with E-state index in [0.717, 1.165) is 0 Å². The van der Waals surface area contributed by atoms with Gasteiger partial charge in [-0.15, -0.1) is 0 Å². The molecular weight excluding hydrogens is 226 g/mol. The average molecular weight is 244 g/mol. The molecule has 0 heterocycles. The van der Waals surface area contributed by atoms with Gasteiger partial charge in [0.15, 0.2) is 6.10 Å². The van der Waals surface area contributed by atoms with Crippen molar-refractivity contribution in [3.63, 3.8) is 0 Å². The summed E-state index contributed by atoms with van der Waals surface area (Å²) < 4.78 is 5.46. The Labute approximate surface area is 120 Å². The first-order chi connectivity index (χ1) is 6.20. The summed E-state index contributed by atoms with van der Waals surface area (Å²) in [5.74, 6) is -1.39. The fourth-order valence-corrected chi connectivity index (χ4v) is 1.18. The molecule has 0 saturated carbocycles. The van der Waals surface area contributed by atoms with Crippen LogP contribution in [-0.2, 0) is 14.3 Å². The predicted octanol–water partition coefficient (Wildman–Crippen LogP) is -0.282. The number of quaternary nitrogens is 1. The maximum Gasteiger partial charge on any atom is 2.00 e. The second-order valence-corrected chi connectivity index (χ2v) is 4.30. The van der Waals surface area contributed by atoms with Gasteiger partial charge < -0.3 is 14.3 Å². The van der Waals surface area contributed by atoms with Crippen molar-refractivity contribution in [2.45, 2.75) is 19.4 Å². The molecule has 0 bridgehead atoms. The third-order valence-electron chi connectivity index (χ3n) is 1.49. The third kappa shape index (κ3) is 12.1. The number of ether oxygens (including phenoxy) is 1. The van der Waals surface area contributed by atoms with E-state index in [1.165, 1.54) is 6.92 Å². The first-order valence-corrected chi connectivity index (χ1v) is 4.40. The Morgan fingerprint density at radius 2 is 1.80 bits per heavy atom. The van der Waals surface area contributed by atoms with Crippen molar-refractivity contribution in [2.24, 2.45) is 0 Å². The Morgan fingerprint density at radius 3 is 2.07 bits per heavy atom. The summed E-state index contributed by atoms with van der Waals surface area (Å²) in [5, 5.41) is 8.60. The fraction of sp³-hybridized carbons (Fsp3) is 0.778. The van der Waals surface area contributed by atoms with E-state index >= 15 is 0 Å². The van der Waals surface area contributed by atoms with E-state index in [1.807, 2.05) is 21.1 Å². The summed E-state index contributed by atoms with van der Waals surface area (Å²) in [6, 6.07) is 0. The molecule has 0 spiro atoms. The molecule has 0 aromatic heterocycles. The molecule has 0 aliphatic rings. The first kappa shape index (κ1) is 17.6. The van der Waals surface area contributed by atoms with Gasteiger partial charge in [0.05, 0.1) is 27.6 Å². The first-order valence-electron chi connectivity index (χ1n) is 4.40. The van der Waals surface area contributed by atoms with Gasteiger partial charge in [-0.05, 0) is 0 Å². The third-order valence-corrected chi connectivity index (χ3v) is 1.49. The number of hydrogen-bond donors (Lipinski definition) is 1. The second kappa shape index (κ2) is 7.44. The minimum absolute atomic E-state index is 0. The number of aliphatic carboxylic acids is 1. The van der Waals surface area contributed by atoms with Gasteiger partial charge in [-0.3, -0.25) is 9.59 Å². The standard InChI is InChI=1S/C9H17NO4.Ca/c1-7(11)14-8(5-9(12)13)6-10(2,3)4;/h8H,5-6H2,1-4H3;/q;+2/p+1/t8-;/m1./s1. The van der Waals surface area contributed by atoms with Crippen LogP contribution in [-0.4, -0.2) is 93.1 Å². The Bertz CT molecular complexity index is 209. The minimum atomic E-state index is -0.954. The van der Waals surface area contributed by atoms with E-state index in [2.05, 4.69) is 0 Å². The number of nitrogens with zero attached hydrogens (tertiary/aromatic N) is 1. The van der Waals surface area contributed by atoms with Crippen LogP contribution in [0.1, 0.15) is 13.3 Å². The minimum Gasteiger partial charge on any atom is -0.481 e. The zero-order valence-electron chi connectivity index (χ0n) is 9.82. The summed E-state index contributed by atoms with van der Waals surface area (Å²) in [6.07, 6.45) is -0.695. The fourth-order valence-electron chi connectivity index (χ4n) is 1.18. The number of carbonyl (C=O) groups excluding carboxylic acids is 1. The normalized spacial score (nSPS) is 12.5. The summed E-state index contributed by atoms with van der Waals surface area (Å²) >= 11 is 0. The smallest absolute Gasteiger partial charge is 0.481 e. The van der Waals surface area contributed by atoms with Crippen LogP contribution >= 0.6 is 0 Å². The molecule has 0 aromatic carbocycles. The summed E-state index contributed by atoms with van der Waals surface area (Å²) in [5.41, 5.74) is 0. The van der Waals surface area contributed by atoms with Gasteiger partial charge in [-0.2, -0.15) is 0 Å². The van der Waals surface area contributed by atoms with Crippen LogP contribution in [0.15, 0.2) is 0 Å². The number of carbonyl (C=O) groups is 2. The molecule has 0 aliphatic carbocycles. The molecule has 5 nitrogen and oxygen atoms in total. The number of carboxylic acid groups (broad SMARTS) is 1. The maximum absolute atomic E-state index is 10.7. The van der Waals surface area contributed by atoms with Gasteiger partial charge in [-0.25, -0.2) is 0 Å². The van der Waals surface area contributed by atoms with Gasteiger partial charge in [-0.1, -0.05) is 0 Å². The Morgan fingerprint density at radius 1 is 1.33 bits per heavy atom. The molecule has 0 amide bonds. The van der Waals surface area contributed by atoms with Crippen LogP contribution in [0.4, 0.5) is 0 Å². The average Bonchev–Trinajstić information content (AvgIpc) is 1.77. The van der Waals surface area contributed by atoms with E-state index < -0.39 is 18.0 Å². The number of esters is 1. The van der Waals surface area contributed by atoms with Crippen LogP contribution in [0.2, 0.25) is 0 Å². The van der Waals surface area contributed by atoms with Crippen molar-refractivity contribution in [3.8, 4) is 0 Å². The molecule has 1 N–H and O–H groups in total. The zero-order valence-corrected chi connectivity index (χ0v) is 12.0. The zero-order chi connectivity index (χ0) is 11.4. The molecule has 82 valence electrons. The molecule has 0 saturated heterocycles. The van der Waals surface area contributed by atoms with Crippen molar-refractivity contribution in [1.82, 2.24) is 0 Å². The van der Waals surface area contributed by atoms with Gasteiger partial charge in [0.2, 0.25) is 0 Å². The number of hydrogen-bond acceptors (Lipinski definition) is 3. The van der Waals surface area contributed by atoms with E-state index in [0.29, 0.717) is 11.0 Å². The molecule has 0 rings (SSSR count). The molecule has 0 aromatic rings. The monoisotopic (exact) mass is 244 g/mol. The molecular formula is C9H18CaNO4+3. The molecule has 1 atom stereocenters. The van der Waals surface area contributed by atoms with E-state index in [9.17, 15) is 9.59 Å². The van der Waals surface area contributed by atoms with E-state index in [1.54, 1.807) is 0 Å². The molecule has 0 unspecified atom stereocenters. The van der Waals surface area contributed by atoms with Crippen LogP contribution < -0.4 is 0 Å². The number of carboxylic acids is 1. The van der Waals surface area contributed by atoms with Crippen LogP contribution in [0.25, 0.3) is 0 Å². The Kier molecular flexibility index (Phi) is 8.70. The van der Waals surface area contributed by atoms with Gasteiger partial charge in [0.1, 0.15) is 6.54 Å². The number of likely N-dealkylation sites (N-methyl/N-ethyl adjacent to an activating group) is 1. The Hall–Kier alpha value is 0.160.